The summed E-state index contributed by atoms with van der Waals surface area (Å²) in [6.45, 7) is 3.33. The van der Waals surface area contributed by atoms with E-state index in [9.17, 15) is 14.4 Å². The van der Waals surface area contributed by atoms with Gasteiger partial charge in [0.25, 0.3) is 5.91 Å². The zero-order chi connectivity index (χ0) is 20.6. The number of benzene rings is 1. The van der Waals surface area contributed by atoms with Crippen molar-refractivity contribution in [2.75, 3.05) is 27.9 Å². The van der Waals surface area contributed by atoms with E-state index in [1.54, 1.807) is 0 Å². The molecule has 150 valence electrons. The Bertz CT molecular complexity index is 689. The third-order valence-electron chi connectivity index (χ3n) is 3.70. The average molecular weight is 382 g/mol. The van der Waals surface area contributed by atoms with Crippen LogP contribution in [0.3, 0.4) is 0 Å². The number of carbonyl (C=O) groups excluding carboxylic acids is 2. The second kappa shape index (κ2) is 10.2. The van der Waals surface area contributed by atoms with Crippen molar-refractivity contribution in [3.63, 3.8) is 0 Å². The highest BCUT2D eigenvalue weighted by Gasteiger charge is 2.22. The van der Waals surface area contributed by atoms with Gasteiger partial charge in [0.05, 0.1) is 33.4 Å². The van der Waals surface area contributed by atoms with E-state index in [0.29, 0.717) is 17.9 Å². The lowest BCUT2D eigenvalue weighted by Crippen LogP contribution is -2.46. The number of nitrogens with one attached hydrogen (secondary N) is 2. The van der Waals surface area contributed by atoms with Crippen LogP contribution in [0.5, 0.6) is 17.2 Å². The van der Waals surface area contributed by atoms with Gasteiger partial charge in [-0.3, -0.25) is 9.59 Å². The van der Waals surface area contributed by atoms with E-state index < -0.39 is 23.8 Å². The molecule has 0 unspecified atom stereocenters. The minimum absolute atomic E-state index is 0.0945. The lowest BCUT2D eigenvalue weighted by molar-refractivity contribution is -0.142. The minimum Gasteiger partial charge on any atom is -0.496 e. The summed E-state index contributed by atoms with van der Waals surface area (Å²) in [4.78, 5) is 35.6. The molecule has 0 fully saturated rings. The van der Waals surface area contributed by atoms with Gasteiger partial charge in [-0.15, -0.1) is 0 Å². The Balaban J connectivity index is 2.81. The fourth-order valence-electron chi connectivity index (χ4n) is 2.40. The first-order chi connectivity index (χ1) is 12.7. The predicted octanol–water partition coefficient (Wildman–Crippen LogP) is 1.06. The fraction of sp³-hybridized carbons (Fsp3) is 0.500. The van der Waals surface area contributed by atoms with E-state index in [2.05, 4.69) is 10.6 Å². The number of carboxylic acids is 1. The molecule has 1 rings (SSSR count). The fourth-order valence-corrected chi connectivity index (χ4v) is 2.40. The first-order valence-electron chi connectivity index (χ1n) is 8.33. The molecular weight excluding hydrogens is 356 g/mol. The normalized spacial score (nSPS) is 11.5. The van der Waals surface area contributed by atoms with Crippen LogP contribution in [0, 0.1) is 5.92 Å². The maximum atomic E-state index is 12.4. The Morgan fingerprint density at radius 3 is 2.04 bits per heavy atom. The third-order valence-corrected chi connectivity index (χ3v) is 3.70. The van der Waals surface area contributed by atoms with Gasteiger partial charge in [-0.1, -0.05) is 13.8 Å². The van der Waals surface area contributed by atoms with Gasteiger partial charge >= 0.3 is 5.97 Å². The third kappa shape index (κ3) is 6.36. The van der Waals surface area contributed by atoms with E-state index in [-0.39, 0.29) is 23.8 Å². The molecule has 0 aromatic heterocycles. The van der Waals surface area contributed by atoms with Gasteiger partial charge in [0.1, 0.15) is 11.8 Å². The number of carbonyl (C=O) groups is 3. The number of hydrogen-bond donors (Lipinski definition) is 3. The van der Waals surface area contributed by atoms with Crippen LogP contribution in [0.2, 0.25) is 0 Å². The minimum atomic E-state index is -1.12. The average Bonchev–Trinajstić information content (AvgIpc) is 2.63. The molecule has 0 saturated carbocycles. The number of rotatable bonds is 10. The monoisotopic (exact) mass is 382 g/mol. The van der Waals surface area contributed by atoms with Crippen molar-refractivity contribution in [1.29, 1.82) is 0 Å². The summed E-state index contributed by atoms with van der Waals surface area (Å²) in [6.07, 6.45) is 0.290. The van der Waals surface area contributed by atoms with Crippen LogP contribution in [-0.4, -0.2) is 56.8 Å². The zero-order valence-corrected chi connectivity index (χ0v) is 16.1. The van der Waals surface area contributed by atoms with E-state index in [1.165, 1.54) is 33.5 Å². The second-order valence-electron chi connectivity index (χ2n) is 6.18. The van der Waals surface area contributed by atoms with Crippen molar-refractivity contribution in [3.05, 3.63) is 17.7 Å². The maximum absolute atomic E-state index is 12.4. The molecule has 0 aliphatic heterocycles. The Labute approximate surface area is 158 Å². The number of aliphatic carboxylic acids is 1. The van der Waals surface area contributed by atoms with Gasteiger partial charge in [0, 0.05) is 12.1 Å². The number of carboxylic acid groups (broad SMARTS) is 1. The molecule has 1 atom stereocenters. The maximum Gasteiger partial charge on any atom is 0.326 e. The Kier molecular flexibility index (Phi) is 8.37. The Morgan fingerprint density at radius 1 is 1.00 bits per heavy atom. The molecule has 0 bridgehead atoms. The van der Waals surface area contributed by atoms with Crippen LogP contribution in [0.1, 0.15) is 30.6 Å². The zero-order valence-electron chi connectivity index (χ0n) is 16.1. The van der Waals surface area contributed by atoms with Gasteiger partial charge in [0.15, 0.2) is 11.5 Å². The summed E-state index contributed by atoms with van der Waals surface area (Å²) < 4.78 is 15.5. The molecule has 9 heteroatoms. The first-order valence-corrected chi connectivity index (χ1v) is 8.33. The van der Waals surface area contributed by atoms with Crippen LogP contribution in [0.4, 0.5) is 0 Å². The van der Waals surface area contributed by atoms with Crippen LogP contribution >= 0.6 is 0 Å². The highest BCUT2D eigenvalue weighted by Crippen LogP contribution is 2.34. The summed E-state index contributed by atoms with van der Waals surface area (Å²) in [5.74, 6) is -1.23. The van der Waals surface area contributed by atoms with Crippen molar-refractivity contribution in [2.24, 2.45) is 5.92 Å². The molecule has 0 aliphatic rings. The molecule has 27 heavy (non-hydrogen) atoms. The number of amides is 2. The lowest BCUT2D eigenvalue weighted by Gasteiger charge is -2.17. The van der Waals surface area contributed by atoms with Crippen LogP contribution in [-0.2, 0) is 9.59 Å². The molecule has 0 aliphatic carbocycles. The lowest BCUT2D eigenvalue weighted by atomic mass is 10.0. The number of hydrogen-bond acceptors (Lipinski definition) is 6. The molecule has 0 radical (unpaired) electrons. The molecule has 1 aromatic rings. The summed E-state index contributed by atoms with van der Waals surface area (Å²) in [5, 5.41) is 14.0. The largest absolute Gasteiger partial charge is 0.496 e. The van der Waals surface area contributed by atoms with Crippen LogP contribution in [0.15, 0.2) is 12.1 Å². The molecule has 9 nitrogen and oxygen atoms in total. The quantitative estimate of drug-likeness (QED) is 0.553. The summed E-state index contributed by atoms with van der Waals surface area (Å²) in [5.41, 5.74) is 0.153. The van der Waals surface area contributed by atoms with Gasteiger partial charge in [-0.2, -0.15) is 0 Å². The van der Waals surface area contributed by atoms with Gasteiger partial charge < -0.3 is 30.0 Å². The number of ether oxygens (including phenoxy) is 3. The van der Waals surface area contributed by atoms with E-state index >= 15 is 0 Å². The molecule has 0 heterocycles. The molecule has 2 amide bonds. The van der Waals surface area contributed by atoms with E-state index in [0.717, 1.165) is 0 Å². The van der Waals surface area contributed by atoms with Crippen molar-refractivity contribution in [1.82, 2.24) is 10.6 Å². The summed E-state index contributed by atoms with van der Waals surface area (Å²) >= 11 is 0. The SMILES string of the molecule is COc1cc(OC)c(C(=O)NCC(=O)N[C@@H](CC(C)C)C(=O)O)cc1OC. The topological polar surface area (TPSA) is 123 Å². The summed E-state index contributed by atoms with van der Waals surface area (Å²) in [7, 11) is 4.28. The Morgan fingerprint density at radius 2 is 1.56 bits per heavy atom. The predicted molar refractivity (Wildman–Crippen MR) is 97.5 cm³/mol. The van der Waals surface area contributed by atoms with Crippen molar-refractivity contribution in [3.8, 4) is 17.2 Å². The summed E-state index contributed by atoms with van der Waals surface area (Å²) in [6, 6.07) is 1.92. The van der Waals surface area contributed by atoms with E-state index in [4.69, 9.17) is 19.3 Å². The van der Waals surface area contributed by atoms with Crippen LogP contribution in [0.25, 0.3) is 0 Å². The van der Waals surface area contributed by atoms with Crippen molar-refractivity contribution in [2.45, 2.75) is 26.3 Å². The van der Waals surface area contributed by atoms with Crippen molar-refractivity contribution >= 4 is 17.8 Å². The first kappa shape index (κ1) is 22.1. The van der Waals surface area contributed by atoms with Gasteiger partial charge in [0.2, 0.25) is 5.91 Å². The standard InChI is InChI=1S/C18H26N2O7/c1-10(2)6-12(18(23)24)20-16(21)9-19-17(22)11-7-14(26-4)15(27-5)8-13(11)25-3/h7-8,10,12H,6,9H2,1-5H3,(H,19,22)(H,20,21)(H,23,24)/t12-/m0/s1. The second-order valence-corrected chi connectivity index (χ2v) is 6.18. The highest BCUT2D eigenvalue weighted by molar-refractivity contribution is 5.99. The Hall–Kier alpha value is -2.97. The molecule has 0 saturated heterocycles. The van der Waals surface area contributed by atoms with E-state index in [1.807, 2.05) is 13.8 Å². The van der Waals surface area contributed by atoms with Gasteiger partial charge in [-0.05, 0) is 12.3 Å². The van der Waals surface area contributed by atoms with Crippen molar-refractivity contribution < 1.29 is 33.7 Å². The molecule has 3 N–H and O–H groups in total. The molecular formula is C18H26N2O7. The van der Waals surface area contributed by atoms with Gasteiger partial charge in [-0.25, -0.2) is 4.79 Å². The smallest absolute Gasteiger partial charge is 0.326 e. The van der Waals surface area contributed by atoms with Crippen LogP contribution < -0.4 is 24.8 Å². The number of methoxy groups -OCH3 is 3. The molecule has 1 aromatic carbocycles. The molecule has 0 spiro atoms. The highest BCUT2D eigenvalue weighted by atomic mass is 16.5.